The van der Waals surface area contributed by atoms with Crippen LogP contribution in [-0.2, 0) is 22.7 Å². The minimum Gasteiger partial charge on any atom is -0.480 e. The third kappa shape index (κ3) is 2.45. The van der Waals surface area contributed by atoms with E-state index in [1.54, 1.807) is 12.1 Å². The molecule has 2 N–H and O–H groups in total. The van der Waals surface area contributed by atoms with Gasteiger partial charge in [-0.2, -0.15) is 0 Å². The van der Waals surface area contributed by atoms with Crippen molar-refractivity contribution < 1.29 is 19.4 Å². The molecule has 17 heavy (non-hydrogen) atoms. The highest BCUT2D eigenvalue weighted by Crippen LogP contribution is 2.20. The Kier molecular flexibility index (Phi) is 3.10. The molecule has 2 rings (SSSR count). The monoisotopic (exact) mass is 235 g/mol. The highest BCUT2D eigenvalue weighted by atomic mass is 16.5. The number of carbonyl (C=O) groups excluding carboxylic acids is 1. The molecule has 1 amide bonds. The number of carbonyl (C=O) groups is 2. The van der Waals surface area contributed by atoms with E-state index < -0.39 is 12.0 Å². The Bertz CT molecular complexity index is 470. The van der Waals surface area contributed by atoms with Gasteiger partial charge in [0.25, 0.3) is 5.91 Å². The quantitative estimate of drug-likeness (QED) is 0.816. The van der Waals surface area contributed by atoms with Crippen molar-refractivity contribution in [3.05, 3.63) is 34.9 Å². The lowest BCUT2D eigenvalue weighted by Gasteiger charge is -2.09. The summed E-state index contributed by atoms with van der Waals surface area (Å²) in [6.45, 7) is 2.50. The number of fused-ring (bicyclic) bond motifs is 1. The van der Waals surface area contributed by atoms with Crippen molar-refractivity contribution in [2.45, 2.75) is 26.2 Å². The van der Waals surface area contributed by atoms with Gasteiger partial charge in [-0.3, -0.25) is 9.59 Å². The van der Waals surface area contributed by atoms with Crippen LogP contribution < -0.4 is 5.32 Å². The maximum absolute atomic E-state index is 11.7. The van der Waals surface area contributed by atoms with Crippen molar-refractivity contribution in [3.63, 3.8) is 0 Å². The minimum atomic E-state index is -1.05. The van der Waals surface area contributed by atoms with Crippen LogP contribution in [0.25, 0.3) is 0 Å². The van der Waals surface area contributed by atoms with Gasteiger partial charge >= 0.3 is 5.97 Å². The molecular formula is C12H13NO4. The molecule has 5 heteroatoms. The predicted molar refractivity (Wildman–Crippen MR) is 59.5 cm³/mol. The molecular weight excluding hydrogens is 222 g/mol. The van der Waals surface area contributed by atoms with Gasteiger partial charge in [0, 0.05) is 5.56 Å². The second kappa shape index (κ2) is 4.55. The highest BCUT2D eigenvalue weighted by molar-refractivity contribution is 5.96. The fourth-order valence-electron chi connectivity index (χ4n) is 1.65. The zero-order chi connectivity index (χ0) is 12.4. The largest absolute Gasteiger partial charge is 0.480 e. The lowest BCUT2D eigenvalue weighted by molar-refractivity contribution is -0.138. The molecule has 0 aromatic heterocycles. The van der Waals surface area contributed by atoms with Crippen molar-refractivity contribution >= 4 is 11.9 Å². The molecule has 0 saturated heterocycles. The van der Waals surface area contributed by atoms with Gasteiger partial charge in [0.1, 0.15) is 6.04 Å². The molecule has 90 valence electrons. The molecule has 1 aliphatic rings. The summed E-state index contributed by atoms with van der Waals surface area (Å²) in [6.07, 6.45) is 0. The predicted octanol–water partition coefficient (Wildman–Crippen LogP) is 0.920. The number of carboxylic acid groups (broad SMARTS) is 1. The number of amides is 1. The topological polar surface area (TPSA) is 75.6 Å². The summed E-state index contributed by atoms with van der Waals surface area (Å²) in [5, 5.41) is 11.1. The molecule has 1 aliphatic heterocycles. The zero-order valence-electron chi connectivity index (χ0n) is 9.40. The number of nitrogens with one attached hydrogen (secondary N) is 1. The van der Waals surface area contributed by atoms with Gasteiger partial charge in [0.2, 0.25) is 0 Å². The van der Waals surface area contributed by atoms with E-state index in [9.17, 15) is 9.59 Å². The van der Waals surface area contributed by atoms with E-state index in [0.717, 1.165) is 11.1 Å². The van der Waals surface area contributed by atoms with Gasteiger partial charge in [-0.25, -0.2) is 0 Å². The normalized spacial score (nSPS) is 15.1. The molecule has 0 bridgehead atoms. The van der Waals surface area contributed by atoms with Gasteiger partial charge < -0.3 is 15.2 Å². The van der Waals surface area contributed by atoms with Crippen molar-refractivity contribution in [2.75, 3.05) is 0 Å². The Morgan fingerprint density at radius 3 is 2.76 bits per heavy atom. The zero-order valence-corrected chi connectivity index (χ0v) is 9.40. The van der Waals surface area contributed by atoms with Gasteiger partial charge in [0.15, 0.2) is 0 Å². The number of hydrogen-bond donors (Lipinski definition) is 2. The Morgan fingerprint density at radius 2 is 2.06 bits per heavy atom. The summed E-state index contributed by atoms with van der Waals surface area (Å²) in [7, 11) is 0. The van der Waals surface area contributed by atoms with E-state index in [1.165, 1.54) is 6.92 Å². The van der Waals surface area contributed by atoms with E-state index in [0.29, 0.717) is 18.8 Å². The Hall–Kier alpha value is -1.88. The van der Waals surface area contributed by atoms with E-state index in [4.69, 9.17) is 9.84 Å². The molecule has 1 unspecified atom stereocenters. The van der Waals surface area contributed by atoms with E-state index >= 15 is 0 Å². The Labute approximate surface area is 98.4 Å². The standard InChI is InChI=1S/C12H13NO4/c1-7(12(15)16)13-11(14)8-2-3-9-5-17-6-10(9)4-8/h2-4,7H,5-6H2,1H3,(H,13,14)(H,15,16). The number of rotatable bonds is 3. The van der Waals surface area contributed by atoms with E-state index in [-0.39, 0.29) is 5.91 Å². The molecule has 0 spiro atoms. The number of carboxylic acids is 1. The summed E-state index contributed by atoms with van der Waals surface area (Å²) in [6, 6.07) is 4.36. The molecule has 0 radical (unpaired) electrons. The number of benzene rings is 1. The minimum absolute atomic E-state index is 0.380. The van der Waals surface area contributed by atoms with Gasteiger partial charge in [-0.1, -0.05) is 6.07 Å². The van der Waals surface area contributed by atoms with E-state index in [1.807, 2.05) is 6.07 Å². The molecule has 1 aromatic carbocycles. The molecule has 1 heterocycles. The summed E-state index contributed by atoms with van der Waals surface area (Å²) >= 11 is 0. The van der Waals surface area contributed by atoms with Crippen LogP contribution in [0, 0.1) is 0 Å². The summed E-state index contributed by atoms with van der Waals surface area (Å²) in [5.74, 6) is -1.43. The molecule has 1 atom stereocenters. The maximum Gasteiger partial charge on any atom is 0.325 e. The summed E-state index contributed by atoms with van der Waals surface area (Å²) in [5.41, 5.74) is 2.52. The fourth-order valence-corrected chi connectivity index (χ4v) is 1.65. The Balaban J connectivity index is 2.12. The maximum atomic E-state index is 11.7. The van der Waals surface area contributed by atoms with Crippen LogP contribution in [-0.4, -0.2) is 23.0 Å². The summed E-state index contributed by atoms with van der Waals surface area (Å²) in [4.78, 5) is 22.4. The van der Waals surface area contributed by atoms with Gasteiger partial charge in [-0.15, -0.1) is 0 Å². The number of hydrogen-bond acceptors (Lipinski definition) is 3. The van der Waals surface area contributed by atoms with Crippen molar-refractivity contribution in [1.29, 1.82) is 0 Å². The molecule has 0 aliphatic carbocycles. The lowest BCUT2D eigenvalue weighted by atomic mass is 10.1. The molecule has 5 nitrogen and oxygen atoms in total. The molecule has 1 aromatic rings. The lowest BCUT2D eigenvalue weighted by Crippen LogP contribution is -2.38. The fraction of sp³-hybridized carbons (Fsp3) is 0.333. The van der Waals surface area contributed by atoms with Crippen LogP contribution in [0.1, 0.15) is 28.4 Å². The first-order valence-corrected chi connectivity index (χ1v) is 5.31. The number of ether oxygens (including phenoxy) is 1. The van der Waals surface area contributed by atoms with Crippen LogP contribution in [0.4, 0.5) is 0 Å². The Morgan fingerprint density at radius 1 is 1.35 bits per heavy atom. The van der Waals surface area contributed by atoms with Crippen LogP contribution in [0.3, 0.4) is 0 Å². The third-order valence-electron chi connectivity index (χ3n) is 2.70. The van der Waals surface area contributed by atoms with Crippen LogP contribution in [0.2, 0.25) is 0 Å². The number of aliphatic carboxylic acids is 1. The highest BCUT2D eigenvalue weighted by Gasteiger charge is 2.17. The average Bonchev–Trinajstić information content (AvgIpc) is 2.75. The first-order chi connectivity index (χ1) is 8.08. The van der Waals surface area contributed by atoms with Gasteiger partial charge in [0.05, 0.1) is 13.2 Å². The second-order valence-electron chi connectivity index (χ2n) is 4.01. The van der Waals surface area contributed by atoms with Crippen LogP contribution in [0.5, 0.6) is 0 Å². The van der Waals surface area contributed by atoms with Gasteiger partial charge in [-0.05, 0) is 30.2 Å². The van der Waals surface area contributed by atoms with Crippen LogP contribution in [0.15, 0.2) is 18.2 Å². The summed E-state index contributed by atoms with van der Waals surface area (Å²) < 4.78 is 5.24. The SMILES string of the molecule is CC(NC(=O)c1ccc2c(c1)COC2)C(=O)O. The second-order valence-corrected chi connectivity index (χ2v) is 4.01. The third-order valence-corrected chi connectivity index (χ3v) is 2.70. The van der Waals surface area contributed by atoms with Crippen molar-refractivity contribution in [1.82, 2.24) is 5.32 Å². The first kappa shape index (κ1) is 11.6. The van der Waals surface area contributed by atoms with Crippen molar-refractivity contribution in [2.24, 2.45) is 0 Å². The average molecular weight is 235 g/mol. The molecule has 0 fully saturated rings. The first-order valence-electron chi connectivity index (χ1n) is 5.31. The smallest absolute Gasteiger partial charge is 0.325 e. The van der Waals surface area contributed by atoms with E-state index in [2.05, 4.69) is 5.32 Å². The van der Waals surface area contributed by atoms with Crippen LogP contribution >= 0.6 is 0 Å². The molecule has 0 saturated carbocycles. The van der Waals surface area contributed by atoms with Crippen molar-refractivity contribution in [3.8, 4) is 0 Å².